The fraction of sp³-hybridized carbons (Fsp3) is 0.462. The lowest BCUT2D eigenvalue weighted by atomic mass is 10.1. The molecule has 3 N–H and O–H groups in total. The molecule has 1 aliphatic heterocycles. The third kappa shape index (κ3) is 2.34. The molecule has 3 rings (SSSR count). The van der Waals surface area contributed by atoms with Crippen LogP contribution in [-0.4, -0.2) is 40.2 Å². The number of aryl methyl sites for hydroxylation is 1. The molecule has 2 aromatic rings. The number of fused-ring (bicyclic) bond motifs is 1. The summed E-state index contributed by atoms with van der Waals surface area (Å²) in [6.07, 6.45) is 3.58. The predicted molar refractivity (Wildman–Crippen MR) is 78.6 cm³/mol. The topological polar surface area (TPSA) is 87.1 Å². The van der Waals surface area contributed by atoms with E-state index in [1.54, 1.807) is 0 Å². The summed E-state index contributed by atoms with van der Waals surface area (Å²) in [5, 5.41) is 16.8. The van der Waals surface area contributed by atoms with Gasteiger partial charge in [0.05, 0.1) is 5.39 Å². The van der Waals surface area contributed by atoms with Gasteiger partial charge in [0.1, 0.15) is 21.9 Å². The molecule has 1 aliphatic rings. The van der Waals surface area contributed by atoms with Crippen LogP contribution in [0.4, 0.5) is 5.82 Å². The zero-order valence-corrected chi connectivity index (χ0v) is 12.0. The van der Waals surface area contributed by atoms with Gasteiger partial charge in [0.2, 0.25) is 0 Å². The summed E-state index contributed by atoms with van der Waals surface area (Å²) in [6.45, 7) is 3.81. The van der Waals surface area contributed by atoms with Crippen molar-refractivity contribution in [3.8, 4) is 0 Å². The monoisotopic (exact) mass is 292 g/mol. The molecule has 6 nitrogen and oxygen atoms in total. The van der Waals surface area contributed by atoms with E-state index in [1.165, 1.54) is 17.7 Å². The summed E-state index contributed by atoms with van der Waals surface area (Å²) in [5.74, 6) is -0.151. The highest BCUT2D eigenvalue weighted by atomic mass is 32.1. The van der Waals surface area contributed by atoms with E-state index in [4.69, 9.17) is 0 Å². The molecule has 106 valence electrons. The smallest absolute Gasteiger partial charge is 0.346 e. The number of carboxylic acids is 1. The summed E-state index contributed by atoms with van der Waals surface area (Å²) in [5.41, 5.74) is 0.745. The number of carbonyl (C=O) groups is 1. The number of rotatable bonds is 3. The van der Waals surface area contributed by atoms with Crippen LogP contribution in [0.25, 0.3) is 10.2 Å². The highest BCUT2D eigenvalue weighted by Gasteiger charge is 2.20. The Bertz CT molecular complexity index is 649. The van der Waals surface area contributed by atoms with E-state index in [2.05, 4.69) is 20.6 Å². The first-order valence-corrected chi connectivity index (χ1v) is 7.43. The van der Waals surface area contributed by atoms with E-state index in [-0.39, 0.29) is 0 Å². The van der Waals surface area contributed by atoms with E-state index in [0.29, 0.717) is 10.9 Å². The van der Waals surface area contributed by atoms with Crippen LogP contribution in [0.1, 0.15) is 28.1 Å². The number of carboxylic acid groups (broad SMARTS) is 1. The largest absolute Gasteiger partial charge is 0.477 e. The Morgan fingerprint density at radius 2 is 2.20 bits per heavy atom. The molecule has 3 heterocycles. The van der Waals surface area contributed by atoms with Gasteiger partial charge in [0, 0.05) is 6.04 Å². The average Bonchev–Trinajstić information content (AvgIpc) is 2.79. The third-order valence-corrected chi connectivity index (χ3v) is 4.79. The molecule has 0 radical (unpaired) electrons. The number of anilines is 1. The van der Waals surface area contributed by atoms with Crippen LogP contribution in [0.2, 0.25) is 0 Å². The van der Waals surface area contributed by atoms with Crippen LogP contribution >= 0.6 is 11.3 Å². The van der Waals surface area contributed by atoms with Crippen molar-refractivity contribution in [1.29, 1.82) is 0 Å². The van der Waals surface area contributed by atoms with E-state index < -0.39 is 5.97 Å². The first kappa shape index (κ1) is 13.3. The Balaban J connectivity index is 1.99. The van der Waals surface area contributed by atoms with Gasteiger partial charge in [-0.3, -0.25) is 0 Å². The van der Waals surface area contributed by atoms with Crippen molar-refractivity contribution in [2.75, 3.05) is 18.4 Å². The first-order chi connectivity index (χ1) is 9.66. The molecule has 1 saturated heterocycles. The fourth-order valence-electron chi connectivity index (χ4n) is 2.54. The number of piperidine rings is 1. The number of aromatic nitrogens is 2. The number of aromatic carboxylic acids is 1. The SMILES string of the molecule is Cc1c(C(=O)O)sc2ncnc(NC3CCNCC3)c12. The van der Waals surface area contributed by atoms with Gasteiger partial charge in [-0.05, 0) is 38.4 Å². The molecule has 0 saturated carbocycles. The standard InChI is InChI=1S/C13H16N4O2S/c1-7-9-11(17-8-2-4-14-5-3-8)15-6-16-12(9)20-10(7)13(18)19/h6,8,14H,2-5H2,1H3,(H,18,19)(H,15,16,17). The van der Waals surface area contributed by atoms with Crippen LogP contribution < -0.4 is 10.6 Å². The van der Waals surface area contributed by atoms with E-state index in [0.717, 1.165) is 47.5 Å². The maximum absolute atomic E-state index is 11.2. The summed E-state index contributed by atoms with van der Waals surface area (Å²) in [6, 6.07) is 0.377. The van der Waals surface area contributed by atoms with Crippen LogP contribution in [0.5, 0.6) is 0 Å². The highest BCUT2D eigenvalue weighted by molar-refractivity contribution is 7.20. The van der Waals surface area contributed by atoms with Crippen LogP contribution in [0.15, 0.2) is 6.33 Å². The Hall–Kier alpha value is -1.73. The molecule has 0 aliphatic carbocycles. The third-order valence-electron chi connectivity index (χ3n) is 3.60. The van der Waals surface area contributed by atoms with Gasteiger partial charge in [-0.15, -0.1) is 11.3 Å². The number of thiophene rings is 1. The quantitative estimate of drug-likeness (QED) is 0.800. The molecule has 7 heteroatoms. The van der Waals surface area contributed by atoms with Gasteiger partial charge in [0.15, 0.2) is 0 Å². The molecule has 1 fully saturated rings. The summed E-state index contributed by atoms with van der Waals surface area (Å²) >= 11 is 1.21. The van der Waals surface area contributed by atoms with E-state index in [1.807, 2.05) is 6.92 Å². The Kier molecular flexibility index (Phi) is 3.54. The Labute approximate surface area is 120 Å². The van der Waals surface area contributed by atoms with E-state index in [9.17, 15) is 9.90 Å². The van der Waals surface area contributed by atoms with Gasteiger partial charge in [-0.2, -0.15) is 0 Å². The number of hydrogen-bond acceptors (Lipinski definition) is 6. The molecular formula is C13H16N4O2S. The second-order valence-electron chi connectivity index (χ2n) is 4.93. The molecule has 0 unspecified atom stereocenters. The van der Waals surface area contributed by atoms with Gasteiger partial charge in [-0.1, -0.05) is 0 Å². The lowest BCUT2D eigenvalue weighted by molar-refractivity contribution is 0.0701. The van der Waals surface area contributed by atoms with Crippen molar-refractivity contribution >= 4 is 33.3 Å². The van der Waals surface area contributed by atoms with Crippen LogP contribution in [0, 0.1) is 6.92 Å². The molecule has 2 aromatic heterocycles. The maximum atomic E-state index is 11.2. The summed E-state index contributed by atoms with van der Waals surface area (Å²) < 4.78 is 0. The van der Waals surface area contributed by atoms with Crippen molar-refractivity contribution in [2.45, 2.75) is 25.8 Å². The van der Waals surface area contributed by atoms with Crippen LogP contribution in [-0.2, 0) is 0 Å². The average molecular weight is 292 g/mol. The molecule has 0 aromatic carbocycles. The molecule has 20 heavy (non-hydrogen) atoms. The van der Waals surface area contributed by atoms with Crippen molar-refractivity contribution in [3.63, 3.8) is 0 Å². The van der Waals surface area contributed by atoms with Crippen molar-refractivity contribution in [1.82, 2.24) is 15.3 Å². The Morgan fingerprint density at radius 1 is 1.45 bits per heavy atom. The zero-order chi connectivity index (χ0) is 14.1. The molecule has 0 atom stereocenters. The second-order valence-corrected chi connectivity index (χ2v) is 5.93. The predicted octanol–water partition coefficient (Wildman–Crippen LogP) is 1.86. The lowest BCUT2D eigenvalue weighted by Crippen LogP contribution is -2.35. The normalized spacial score (nSPS) is 16.4. The zero-order valence-electron chi connectivity index (χ0n) is 11.1. The molecule has 0 bridgehead atoms. The minimum atomic E-state index is -0.904. The van der Waals surface area contributed by atoms with Crippen molar-refractivity contribution in [2.24, 2.45) is 0 Å². The minimum Gasteiger partial charge on any atom is -0.477 e. The minimum absolute atomic E-state index is 0.342. The fourth-order valence-corrected chi connectivity index (χ4v) is 3.53. The molecule has 0 amide bonds. The summed E-state index contributed by atoms with van der Waals surface area (Å²) in [4.78, 5) is 20.8. The van der Waals surface area contributed by atoms with Gasteiger partial charge < -0.3 is 15.7 Å². The second kappa shape index (κ2) is 5.34. The lowest BCUT2D eigenvalue weighted by Gasteiger charge is -2.24. The number of nitrogens with zero attached hydrogens (tertiary/aromatic N) is 2. The number of nitrogens with one attached hydrogen (secondary N) is 2. The van der Waals surface area contributed by atoms with Gasteiger partial charge in [0.25, 0.3) is 0 Å². The first-order valence-electron chi connectivity index (χ1n) is 6.61. The van der Waals surface area contributed by atoms with Crippen molar-refractivity contribution < 1.29 is 9.90 Å². The van der Waals surface area contributed by atoms with E-state index >= 15 is 0 Å². The van der Waals surface area contributed by atoms with Gasteiger partial charge in [-0.25, -0.2) is 14.8 Å². The maximum Gasteiger partial charge on any atom is 0.346 e. The van der Waals surface area contributed by atoms with Crippen LogP contribution in [0.3, 0.4) is 0 Å². The highest BCUT2D eigenvalue weighted by Crippen LogP contribution is 2.33. The van der Waals surface area contributed by atoms with Crippen molar-refractivity contribution in [3.05, 3.63) is 16.8 Å². The molecular weight excluding hydrogens is 276 g/mol. The summed E-state index contributed by atoms with van der Waals surface area (Å²) in [7, 11) is 0. The molecule has 0 spiro atoms. The van der Waals surface area contributed by atoms with Gasteiger partial charge >= 0.3 is 5.97 Å². The Morgan fingerprint density at radius 3 is 2.90 bits per heavy atom. The number of hydrogen-bond donors (Lipinski definition) is 3.